The normalized spacial score (nSPS) is 8.89. The molecule has 0 fully saturated rings. The van der Waals surface area contributed by atoms with Crippen LogP contribution in [-0.4, -0.2) is 0 Å². The van der Waals surface area contributed by atoms with Crippen molar-refractivity contribution in [3.8, 4) is 0 Å². The number of hydrogen-bond acceptors (Lipinski definition) is 0. The lowest BCUT2D eigenvalue weighted by Crippen LogP contribution is -2.30. The molecule has 9 heavy (non-hydrogen) atoms. The zero-order chi connectivity index (χ0) is 6.53. The largest absolute Gasteiger partial charge is 0.201 e. The molecule has 0 bridgehead atoms. The quantitative estimate of drug-likeness (QED) is 0.510. The van der Waals surface area contributed by atoms with Crippen molar-refractivity contribution in [2.75, 3.05) is 0 Å². The molecule has 0 amide bonds. The molecule has 0 saturated carbocycles. The summed E-state index contributed by atoms with van der Waals surface area (Å²) in [6.45, 7) is 5.99. The molecule has 1 aromatic rings. The fourth-order valence-corrected chi connectivity index (χ4v) is 0.678. The van der Waals surface area contributed by atoms with Crippen LogP contribution in [0.4, 0.5) is 0 Å². The summed E-state index contributed by atoms with van der Waals surface area (Å²) in [6, 6.07) is 5.93. The van der Waals surface area contributed by atoms with Crippen LogP contribution in [0.25, 0.3) is 0 Å². The van der Waals surface area contributed by atoms with E-state index in [4.69, 9.17) is 6.58 Å². The van der Waals surface area contributed by atoms with Crippen LogP contribution in [0.15, 0.2) is 36.7 Å². The Morgan fingerprint density at radius 2 is 1.89 bits per heavy atom. The number of aromatic nitrogens is 1. The van der Waals surface area contributed by atoms with Gasteiger partial charge in [0, 0.05) is 12.1 Å². The van der Waals surface area contributed by atoms with Gasteiger partial charge in [-0.3, -0.25) is 0 Å². The lowest BCUT2D eigenvalue weighted by atomic mass is 10.5. The molecule has 0 aromatic carbocycles. The molecule has 0 aliphatic rings. The molecular weight excluding hydrogens is 110 g/mol. The van der Waals surface area contributed by atoms with Gasteiger partial charge in [-0.2, -0.15) is 0 Å². The van der Waals surface area contributed by atoms with Crippen LogP contribution in [0.3, 0.4) is 0 Å². The van der Waals surface area contributed by atoms with Gasteiger partial charge in [0.25, 0.3) is 0 Å². The van der Waals surface area contributed by atoms with Crippen molar-refractivity contribution >= 4 is 0 Å². The summed E-state index contributed by atoms with van der Waals surface area (Å²) in [5.74, 6) is 0. The number of hydrogen-bond donors (Lipinski definition) is 0. The third kappa shape index (κ3) is 1.68. The first-order chi connectivity index (χ1) is 4.43. The summed E-state index contributed by atoms with van der Waals surface area (Å²) >= 11 is 0. The van der Waals surface area contributed by atoms with Gasteiger partial charge in [0.05, 0.1) is 0 Å². The molecule has 0 spiro atoms. The molecule has 1 heterocycles. The molecule has 0 unspecified atom stereocenters. The standard InChI is InChI=1S/C8H9N/c1-2-6-9-7-4-3-5-8-9/h1-5,7-8H,6H2/q+1. The van der Waals surface area contributed by atoms with Crippen molar-refractivity contribution in [1.29, 1.82) is 0 Å². The van der Waals surface area contributed by atoms with Crippen molar-refractivity contribution in [1.82, 2.24) is 0 Å². The molecule has 1 nitrogen and oxygen atoms in total. The van der Waals surface area contributed by atoms with Gasteiger partial charge in [-0.25, -0.2) is 4.57 Å². The van der Waals surface area contributed by atoms with Gasteiger partial charge in [0.1, 0.15) is 0 Å². The summed E-state index contributed by atoms with van der Waals surface area (Å²) < 4.78 is 2.00. The van der Waals surface area contributed by atoms with Gasteiger partial charge < -0.3 is 0 Å². The zero-order valence-corrected chi connectivity index (χ0v) is 5.20. The highest BCUT2D eigenvalue weighted by molar-refractivity contribution is 4.83. The molecule has 1 radical (unpaired) electrons. The van der Waals surface area contributed by atoms with Crippen molar-refractivity contribution in [3.05, 3.63) is 43.2 Å². The average molecular weight is 119 g/mol. The molecule has 1 heteroatoms. The highest BCUT2D eigenvalue weighted by atomic mass is 14.9. The second-order valence-corrected chi connectivity index (χ2v) is 1.81. The zero-order valence-electron chi connectivity index (χ0n) is 5.20. The maximum Gasteiger partial charge on any atom is 0.169 e. The predicted octanol–water partition coefficient (Wildman–Crippen LogP) is 0.963. The topological polar surface area (TPSA) is 3.88 Å². The van der Waals surface area contributed by atoms with E-state index >= 15 is 0 Å². The second kappa shape index (κ2) is 3.02. The molecular formula is C8H9N+. The fraction of sp³-hybridized carbons (Fsp3) is 0.125. The third-order valence-corrected chi connectivity index (χ3v) is 1.09. The minimum atomic E-state index is 0.779. The molecule has 0 aliphatic heterocycles. The van der Waals surface area contributed by atoms with Gasteiger partial charge in [-0.05, 0) is 6.08 Å². The summed E-state index contributed by atoms with van der Waals surface area (Å²) in [7, 11) is 0. The number of rotatable bonds is 2. The van der Waals surface area contributed by atoms with E-state index in [1.807, 2.05) is 35.2 Å². The van der Waals surface area contributed by atoms with Crippen LogP contribution in [-0.2, 0) is 6.54 Å². The van der Waals surface area contributed by atoms with Crippen LogP contribution in [0.1, 0.15) is 0 Å². The van der Waals surface area contributed by atoms with Crippen molar-refractivity contribution in [2.45, 2.75) is 6.54 Å². The number of nitrogens with zero attached hydrogens (tertiary/aromatic N) is 1. The summed E-state index contributed by atoms with van der Waals surface area (Å²) in [5, 5.41) is 0. The van der Waals surface area contributed by atoms with Gasteiger partial charge in [0.2, 0.25) is 0 Å². The van der Waals surface area contributed by atoms with Gasteiger partial charge in [-0.15, -0.1) is 0 Å². The highest BCUT2D eigenvalue weighted by Crippen LogP contribution is 1.75. The van der Waals surface area contributed by atoms with E-state index in [-0.39, 0.29) is 0 Å². The molecule has 1 rings (SSSR count). The number of pyridine rings is 1. The van der Waals surface area contributed by atoms with E-state index in [2.05, 4.69) is 0 Å². The first-order valence-corrected chi connectivity index (χ1v) is 2.91. The van der Waals surface area contributed by atoms with Crippen molar-refractivity contribution < 1.29 is 4.57 Å². The lowest BCUT2D eigenvalue weighted by molar-refractivity contribution is -0.687. The second-order valence-electron chi connectivity index (χ2n) is 1.81. The summed E-state index contributed by atoms with van der Waals surface area (Å²) in [5.41, 5.74) is 0. The lowest BCUT2D eigenvalue weighted by Gasteiger charge is -1.86. The first kappa shape index (κ1) is 6.02. The Morgan fingerprint density at radius 1 is 1.22 bits per heavy atom. The van der Waals surface area contributed by atoms with E-state index in [9.17, 15) is 0 Å². The van der Waals surface area contributed by atoms with Crippen LogP contribution >= 0.6 is 0 Å². The SMILES string of the molecule is [CH]=CC[n+]1ccccc1. The maximum absolute atomic E-state index is 5.21. The average Bonchev–Trinajstić information content (AvgIpc) is 1.91. The predicted molar refractivity (Wildman–Crippen MR) is 35.5 cm³/mol. The smallest absolute Gasteiger partial charge is 0.169 e. The Labute approximate surface area is 55.3 Å². The van der Waals surface area contributed by atoms with Gasteiger partial charge >= 0.3 is 0 Å². The molecule has 0 atom stereocenters. The monoisotopic (exact) mass is 119 g/mol. The van der Waals surface area contributed by atoms with Crippen LogP contribution in [0, 0.1) is 6.58 Å². The van der Waals surface area contributed by atoms with E-state index < -0.39 is 0 Å². The Hall–Kier alpha value is -1.11. The van der Waals surface area contributed by atoms with Crippen molar-refractivity contribution in [2.24, 2.45) is 0 Å². The maximum atomic E-state index is 5.21. The molecule has 1 aromatic heterocycles. The molecule has 0 aliphatic carbocycles. The van der Waals surface area contributed by atoms with Crippen LogP contribution in [0.5, 0.6) is 0 Å². The third-order valence-electron chi connectivity index (χ3n) is 1.09. The van der Waals surface area contributed by atoms with E-state index in [0.717, 1.165) is 6.54 Å². The van der Waals surface area contributed by atoms with Crippen molar-refractivity contribution in [3.63, 3.8) is 0 Å². The van der Waals surface area contributed by atoms with E-state index in [0.29, 0.717) is 0 Å². The molecule has 0 saturated heterocycles. The minimum absolute atomic E-state index is 0.779. The summed E-state index contributed by atoms with van der Waals surface area (Å²) in [6.07, 6.45) is 5.58. The Morgan fingerprint density at radius 3 is 2.44 bits per heavy atom. The Bertz CT molecular complexity index is 179. The fourth-order valence-electron chi connectivity index (χ4n) is 0.678. The Balaban J connectivity index is 2.72. The van der Waals surface area contributed by atoms with Crippen LogP contribution in [0.2, 0.25) is 0 Å². The molecule has 0 N–H and O–H groups in total. The molecule has 45 valence electrons. The van der Waals surface area contributed by atoms with E-state index in [1.54, 1.807) is 6.08 Å². The van der Waals surface area contributed by atoms with E-state index in [1.165, 1.54) is 0 Å². The van der Waals surface area contributed by atoms with Gasteiger partial charge in [0.15, 0.2) is 18.9 Å². The minimum Gasteiger partial charge on any atom is -0.201 e. The summed E-state index contributed by atoms with van der Waals surface area (Å²) in [4.78, 5) is 0. The highest BCUT2D eigenvalue weighted by Gasteiger charge is 1.88. The Kier molecular flexibility index (Phi) is 2.02. The van der Waals surface area contributed by atoms with Gasteiger partial charge in [-0.1, -0.05) is 12.6 Å². The number of allylic oxidation sites excluding steroid dienone is 1. The first-order valence-electron chi connectivity index (χ1n) is 2.91. The van der Waals surface area contributed by atoms with Crippen LogP contribution < -0.4 is 4.57 Å².